The summed E-state index contributed by atoms with van der Waals surface area (Å²) in [6.45, 7) is 6.93. The molecule has 0 saturated carbocycles. The highest BCUT2D eigenvalue weighted by Gasteiger charge is 2.23. The lowest BCUT2D eigenvalue weighted by atomic mass is 9.81. The van der Waals surface area contributed by atoms with Gasteiger partial charge in [-0.15, -0.1) is 0 Å². The van der Waals surface area contributed by atoms with E-state index in [1.807, 2.05) is 0 Å². The van der Waals surface area contributed by atoms with E-state index in [0.29, 0.717) is 0 Å². The Bertz CT molecular complexity index is 401. The third-order valence-electron chi connectivity index (χ3n) is 3.61. The molecule has 1 aromatic carbocycles. The molecule has 0 atom stereocenters. The number of nitrogens with two attached hydrogens (primary N) is 1. The van der Waals surface area contributed by atoms with Crippen molar-refractivity contribution in [2.75, 3.05) is 31.6 Å². The second-order valence-electron chi connectivity index (χ2n) is 5.38. The Morgan fingerprint density at radius 3 is 2.88 bits per heavy atom. The van der Waals surface area contributed by atoms with E-state index in [0.717, 1.165) is 31.9 Å². The molecule has 0 aromatic heterocycles. The van der Waals surface area contributed by atoms with Crippen LogP contribution in [0.25, 0.3) is 0 Å². The Labute approximate surface area is 104 Å². The van der Waals surface area contributed by atoms with Gasteiger partial charge in [0.15, 0.2) is 0 Å². The molecule has 0 aliphatic carbocycles. The van der Waals surface area contributed by atoms with Gasteiger partial charge in [0.1, 0.15) is 12.4 Å². The van der Waals surface area contributed by atoms with Crippen LogP contribution in [-0.4, -0.2) is 26.7 Å². The lowest BCUT2D eigenvalue weighted by Gasteiger charge is -2.31. The van der Waals surface area contributed by atoms with E-state index in [1.54, 1.807) is 0 Å². The first-order valence-electron chi connectivity index (χ1n) is 6.23. The summed E-state index contributed by atoms with van der Waals surface area (Å²) in [5.74, 6) is 0.992. The zero-order valence-electron chi connectivity index (χ0n) is 11.0. The van der Waals surface area contributed by atoms with Crippen molar-refractivity contribution in [3.8, 4) is 5.75 Å². The molecule has 0 amide bonds. The first kappa shape index (κ1) is 12.2. The van der Waals surface area contributed by atoms with Crippen molar-refractivity contribution in [2.45, 2.75) is 25.7 Å². The largest absolute Gasteiger partial charge is 0.490 e. The first-order valence-corrected chi connectivity index (χ1v) is 6.23. The number of anilines is 1. The molecule has 0 bridgehead atoms. The Kier molecular flexibility index (Phi) is 3.29. The van der Waals surface area contributed by atoms with Crippen LogP contribution in [0.4, 0.5) is 5.69 Å². The number of nitrogens with zero attached hydrogens (tertiary/aromatic N) is 1. The molecule has 0 unspecified atom stereocenters. The van der Waals surface area contributed by atoms with Gasteiger partial charge in [-0.1, -0.05) is 19.9 Å². The molecule has 17 heavy (non-hydrogen) atoms. The Hall–Kier alpha value is -1.22. The van der Waals surface area contributed by atoms with Crippen LogP contribution < -0.4 is 15.4 Å². The molecule has 0 radical (unpaired) electrons. The highest BCUT2D eigenvalue weighted by molar-refractivity contribution is 5.61. The van der Waals surface area contributed by atoms with Gasteiger partial charge in [-0.2, -0.15) is 0 Å². The Balaban J connectivity index is 2.35. The van der Waals surface area contributed by atoms with Gasteiger partial charge in [0.2, 0.25) is 0 Å². The molecular formula is C14H22N2O. The lowest BCUT2D eigenvalue weighted by molar-refractivity contribution is 0.311. The monoisotopic (exact) mass is 234 g/mol. The van der Waals surface area contributed by atoms with Crippen LogP contribution in [0, 0.1) is 0 Å². The Morgan fingerprint density at radius 2 is 2.18 bits per heavy atom. The van der Waals surface area contributed by atoms with Crippen LogP contribution in [0.1, 0.15) is 25.8 Å². The van der Waals surface area contributed by atoms with Gasteiger partial charge in [-0.25, -0.2) is 0 Å². The van der Waals surface area contributed by atoms with Crippen LogP contribution in [0.15, 0.2) is 18.2 Å². The van der Waals surface area contributed by atoms with E-state index in [1.165, 1.54) is 11.3 Å². The molecule has 2 rings (SSSR count). The molecule has 3 heteroatoms. The standard InChI is InChI=1S/C14H22N2O/c1-14(2,6-7-15)11-4-5-13-12(10-11)16(3)8-9-17-13/h4-5,10H,6-9,15H2,1-3H3. The zero-order chi connectivity index (χ0) is 12.5. The third-order valence-corrected chi connectivity index (χ3v) is 3.61. The van der Waals surface area contributed by atoms with Crippen molar-refractivity contribution >= 4 is 5.69 Å². The molecule has 3 nitrogen and oxygen atoms in total. The van der Waals surface area contributed by atoms with Crippen LogP contribution in [0.2, 0.25) is 0 Å². The molecule has 0 spiro atoms. The summed E-state index contributed by atoms with van der Waals surface area (Å²) >= 11 is 0. The molecule has 2 N–H and O–H groups in total. The molecule has 1 aromatic rings. The second-order valence-corrected chi connectivity index (χ2v) is 5.38. The molecule has 1 aliphatic heterocycles. The summed E-state index contributed by atoms with van der Waals surface area (Å²) in [6, 6.07) is 6.48. The number of likely N-dealkylation sites (N-methyl/N-ethyl adjacent to an activating group) is 1. The molecule has 1 heterocycles. The molecule has 1 aliphatic rings. The predicted molar refractivity (Wildman–Crippen MR) is 71.9 cm³/mol. The highest BCUT2D eigenvalue weighted by atomic mass is 16.5. The second kappa shape index (κ2) is 4.57. The minimum Gasteiger partial charge on any atom is -0.490 e. The number of hydrogen-bond acceptors (Lipinski definition) is 3. The molecular weight excluding hydrogens is 212 g/mol. The summed E-state index contributed by atoms with van der Waals surface area (Å²) in [7, 11) is 2.11. The number of ether oxygens (including phenoxy) is 1. The number of fused-ring (bicyclic) bond motifs is 1. The van der Waals surface area contributed by atoms with Gasteiger partial charge >= 0.3 is 0 Å². The van der Waals surface area contributed by atoms with Crippen molar-refractivity contribution in [1.82, 2.24) is 0 Å². The van der Waals surface area contributed by atoms with Gasteiger partial charge in [0, 0.05) is 7.05 Å². The van der Waals surface area contributed by atoms with Crippen LogP contribution in [-0.2, 0) is 5.41 Å². The van der Waals surface area contributed by atoms with Crippen LogP contribution in [0.5, 0.6) is 5.75 Å². The fourth-order valence-corrected chi connectivity index (χ4v) is 2.28. The first-order chi connectivity index (χ1) is 8.04. The molecule has 0 fully saturated rings. The lowest BCUT2D eigenvalue weighted by Crippen LogP contribution is -2.29. The summed E-state index contributed by atoms with van der Waals surface area (Å²) in [5.41, 5.74) is 8.33. The summed E-state index contributed by atoms with van der Waals surface area (Å²) in [6.07, 6.45) is 0.996. The normalized spacial score (nSPS) is 15.4. The van der Waals surface area contributed by atoms with E-state index < -0.39 is 0 Å². The molecule has 94 valence electrons. The predicted octanol–water partition coefficient (Wildman–Crippen LogP) is 2.14. The number of rotatable bonds is 3. The maximum Gasteiger partial charge on any atom is 0.142 e. The van der Waals surface area contributed by atoms with Gasteiger partial charge < -0.3 is 15.4 Å². The van der Waals surface area contributed by atoms with Crippen molar-refractivity contribution in [2.24, 2.45) is 5.73 Å². The summed E-state index contributed by atoms with van der Waals surface area (Å²) in [5, 5.41) is 0. The SMILES string of the molecule is CN1CCOc2ccc(C(C)(C)CCN)cc21. The third kappa shape index (κ3) is 2.39. The summed E-state index contributed by atoms with van der Waals surface area (Å²) in [4.78, 5) is 2.25. The average molecular weight is 234 g/mol. The minimum atomic E-state index is 0.127. The van der Waals surface area contributed by atoms with Gasteiger partial charge in [-0.3, -0.25) is 0 Å². The fourth-order valence-electron chi connectivity index (χ4n) is 2.28. The van der Waals surface area contributed by atoms with Crippen LogP contribution >= 0.6 is 0 Å². The van der Waals surface area contributed by atoms with Crippen molar-refractivity contribution in [3.63, 3.8) is 0 Å². The number of benzene rings is 1. The fraction of sp³-hybridized carbons (Fsp3) is 0.571. The van der Waals surface area contributed by atoms with Crippen molar-refractivity contribution < 1.29 is 4.74 Å². The van der Waals surface area contributed by atoms with Crippen molar-refractivity contribution in [1.29, 1.82) is 0 Å². The van der Waals surface area contributed by atoms with Gasteiger partial charge in [-0.05, 0) is 36.1 Å². The quantitative estimate of drug-likeness (QED) is 0.871. The minimum absolute atomic E-state index is 0.127. The summed E-state index contributed by atoms with van der Waals surface area (Å²) < 4.78 is 5.66. The average Bonchev–Trinajstić information content (AvgIpc) is 2.29. The van der Waals surface area contributed by atoms with E-state index in [-0.39, 0.29) is 5.41 Å². The van der Waals surface area contributed by atoms with Crippen molar-refractivity contribution in [3.05, 3.63) is 23.8 Å². The highest BCUT2D eigenvalue weighted by Crippen LogP contribution is 2.36. The maximum absolute atomic E-state index is 5.68. The number of hydrogen-bond donors (Lipinski definition) is 1. The van der Waals surface area contributed by atoms with E-state index >= 15 is 0 Å². The smallest absolute Gasteiger partial charge is 0.142 e. The zero-order valence-corrected chi connectivity index (χ0v) is 11.0. The van der Waals surface area contributed by atoms with Crippen LogP contribution in [0.3, 0.4) is 0 Å². The molecule has 0 saturated heterocycles. The van der Waals surface area contributed by atoms with E-state index in [2.05, 4.69) is 44.0 Å². The maximum atomic E-state index is 5.68. The topological polar surface area (TPSA) is 38.5 Å². The Morgan fingerprint density at radius 1 is 1.41 bits per heavy atom. The van der Waals surface area contributed by atoms with E-state index in [4.69, 9.17) is 10.5 Å². The van der Waals surface area contributed by atoms with E-state index in [9.17, 15) is 0 Å². The van der Waals surface area contributed by atoms with Gasteiger partial charge in [0.05, 0.1) is 12.2 Å². The van der Waals surface area contributed by atoms with Gasteiger partial charge in [0.25, 0.3) is 0 Å².